The first-order valence-corrected chi connectivity index (χ1v) is 4.08. The van der Waals surface area contributed by atoms with Crippen LogP contribution in [0.25, 0.3) is 0 Å². The monoisotopic (exact) mass is 176 g/mol. The molecular weight excluding hydrogens is 166 g/mol. The molecule has 66 valence electrons. The fraction of sp³-hybridized carbons (Fsp3) is 0.222. The summed E-state index contributed by atoms with van der Waals surface area (Å²) in [5.41, 5.74) is 0. The minimum atomic E-state index is 0.603. The van der Waals surface area contributed by atoms with E-state index in [9.17, 15) is 0 Å². The molecule has 0 aliphatic heterocycles. The van der Waals surface area contributed by atoms with Crippen LogP contribution in [0.15, 0.2) is 35.1 Å². The van der Waals surface area contributed by atoms with E-state index in [1.807, 2.05) is 35.2 Å². The van der Waals surface area contributed by atoms with Crippen molar-refractivity contribution in [2.45, 2.75) is 13.5 Å². The number of aryl methyl sites for hydroxylation is 1. The molecule has 0 unspecified atom stereocenters. The van der Waals surface area contributed by atoms with Gasteiger partial charge in [0.15, 0.2) is 12.4 Å². The van der Waals surface area contributed by atoms with Crippen LogP contribution in [-0.4, -0.2) is 10.1 Å². The minimum absolute atomic E-state index is 0.603. The highest BCUT2D eigenvalue weighted by Crippen LogP contribution is 1.93. The van der Waals surface area contributed by atoms with Crippen LogP contribution in [0.1, 0.15) is 11.7 Å². The Morgan fingerprint density at radius 1 is 1.31 bits per heavy atom. The highest BCUT2D eigenvalue weighted by atomic mass is 16.5. The lowest BCUT2D eigenvalue weighted by molar-refractivity contribution is -0.689. The number of pyridine rings is 1. The summed E-state index contributed by atoms with van der Waals surface area (Å²) in [5.74, 6) is 1.31. The summed E-state index contributed by atoms with van der Waals surface area (Å²) in [6, 6.07) is 5.90. The van der Waals surface area contributed by atoms with Crippen molar-refractivity contribution in [1.29, 1.82) is 0 Å². The smallest absolute Gasteiger partial charge is 0.237 e. The molecule has 4 nitrogen and oxygen atoms in total. The molecular formula is C9H10N3O+. The van der Waals surface area contributed by atoms with Gasteiger partial charge in [0.1, 0.15) is 0 Å². The van der Waals surface area contributed by atoms with Gasteiger partial charge >= 0.3 is 0 Å². The molecule has 2 aromatic heterocycles. The van der Waals surface area contributed by atoms with Crippen LogP contribution in [0.5, 0.6) is 0 Å². The van der Waals surface area contributed by atoms with Crippen molar-refractivity contribution in [2.75, 3.05) is 0 Å². The normalized spacial score (nSPS) is 10.2. The van der Waals surface area contributed by atoms with Crippen LogP contribution in [0.3, 0.4) is 0 Å². The molecule has 0 aromatic carbocycles. The quantitative estimate of drug-likeness (QED) is 0.633. The van der Waals surface area contributed by atoms with Gasteiger partial charge in [0, 0.05) is 19.1 Å². The standard InChI is InChI=1S/C9H10N3O/c1-8-10-9(11-13-8)7-12-5-3-2-4-6-12/h2-6H,7H2,1H3/q+1. The fourth-order valence-electron chi connectivity index (χ4n) is 1.11. The average Bonchev–Trinajstić information content (AvgIpc) is 2.53. The van der Waals surface area contributed by atoms with E-state index in [0.717, 1.165) is 0 Å². The Hall–Kier alpha value is -1.71. The van der Waals surface area contributed by atoms with Crippen LogP contribution >= 0.6 is 0 Å². The Morgan fingerprint density at radius 2 is 2.08 bits per heavy atom. The molecule has 0 saturated heterocycles. The summed E-state index contributed by atoms with van der Waals surface area (Å²) in [6.45, 7) is 2.43. The maximum atomic E-state index is 4.86. The summed E-state index contributed by atoms with van der Waals surface area (Å²) >= 11 is 0. The van der Waals surface area contributed by atoms with Gasteiger partial charge in [-0.25, -0.2) is 0 Å². The molecule has 0 aliphatic rings. The molecule has 0 fully saturated rings. The van der Waals surface area contributed by atoms with Crippen molar-refractivity contribution in [2.24, 2.45) is 0 Å². The average molecular weight is 176 g/mol. The van der Waals surface area contributed by atoms with E-state index in [0.29, 0.717) is 18.3 Å². The zero-order valence-corrected chi connectivity index (χ0v) is 7.34. The van der Waals surface area contributed by atoms with E-state index in [1.165, 1.54) is 0 Å². The molecule has 0 atom stereocenters. The van der Waals surface area contributed by atoms with E-state index < -0.39 is 0 Å². The molecule has 0 saturated carbocycles. The number of hydrogen-bond donors (Lipinski definition) is 0. The second-order valence-electron chi connectivity index (χ2n) is 2.78. The van der Waals surface area contributed by atoms with E-state index in [1.54, 1.807) is 6.92 Å². The number of rotatable bonds is 2. The Bertz CT molecular complexity index is 383. The van der Waals surface area contributed by atoms with Gasteiger partial charge in [0.05, 0.1) is 0 Å². The number of nitrogens with zero attached hydrogens (tertiary/aromatic N) is 3. The van der Waals surface area contributed by atoms with Gasteiger partial charge in [-0.15, -0.1) is 0 Å². The second-order valence-corrected chi connectivity index (χ2v) is 2.78. The summed E-state index contributed by atoms with van der Waals surface area (Å²) in [6.07, 6.45) is 3.93. The highest BCUT2D eigenvalue weighted by Gasteiger charge is 2.07. The molecule has 0 radical (unpaired) electrons. The zero-order chi connectivity index (χ0) is 9.10. The van der Waals surface area contributed by atoms with Crippen molar-refractivity contribution in [3.8, 4) is 0 Å². The van der Waals surface area contributed by atoms with Crippen LogP contribution in [0.4, 0.5) is 0 Å². The molecule has 4 heteroatoms. The topological polar surface area (TPSA) is 42.8 Å². The number of hydrogen-bond acceptors (Lipinski definition) is 3. The van der Waals surface area contributed by atoms with Gasteiger partial charge in [-0.05, 0) is 0 Å². The van der Waals surface area contributed by atoms with Crippen LogP contribution in [0, 0.1) is 6.92 Å². The lowest BCUT2D eigenvalue weighted by Gasteiger charge is -1.88. The summed E-state index contributed by atoms with van der Waals surface area (Å²) in [7, 11) is 0. The molecule has 0 spiro atoms. The van der Waals surface area contributed by atoms with E-state index in [2.05, 4.69) is 10.1 Å². The molecule has 0 amide bonds. The molecule has 0 bridgehead atoms. The van der Waals surface area contributed by atoms with E-state index >= 15 is 0 Å². The molecule has 2 rings (SSSR count). The predicted molar refractivity (Wildman–Crippen MR) is 44.8 cm³/mol. The second kappa shape index (κ2) is 3.35. The molecule has 2 heterocycles. The maximum absolute atomic E-state index is 4.86. The lowest BCUT2D eigenvalue weighted by atomic mass is 10.4. The van der Waals surface area contributed by atoms with Crippen molar-refractivity contribution < 1.29 is 9.09 Å². The van der Waals surface area contributed by atoms with Gasteiger partial charge in [-0.2, -0.15) is 9.55 Å². The van der Waals surface area contributed by atoms with Gasteiger partial charge in [-0.1, -0.05) is 11.2 Å². The summed E-state index contributed by atoms with van der Waals surface area (Å²) < 4.78 is 6.85. The third-order valence-electron chi connectivity index (χ3n) is 1.67. The Labute approximate surface area is 75.8 Å². The lowest BCUT2D eigenvalue weighted by Crippen LogP contribution is -2.33. The van der Waals surface area contributed by atoms with Crippen LogP contribution in [0.2, 0.25) is 0 Å². The molecule has 2 aromatic rings. The Morgan fingerprint density at radius 3 is 2.69 bits per heavy atom. The zero-order valence-electron chi connectivity index (χ0n) is 7.34. The summed E-state index contributed by atoms with van der Waals surface area (Å²) in [5, 5.41) is 3.80. The predicted octanol–water partition coefficient (Wildman–Crippen LogP) is 0.714. The van der Waals surface area contributed by atoms with Crippen LogP contribution < -0.4 is 4.57 Å². The third-order valence-corrected chi connectivity index (χ3v) is 1.67. The third kappa shape index (κ3) is 1.90. The number of aromatic nitrogens is 3. The first kappa shape index (κ1) is 7.91. The SMILES string of the molecule is Cc1nc(C[n+]2ccccc2)no1. The van der Waals surface area contributed by atoms with Gasteiger partial charge in [0.2, 0.25) is 18.3 Å². The van der Waals surface area contributed by atoms with Gasteiger partial charge < -0.3 is 4.52 Å². The Kier molecular flexibility index (Phi) is 2.04. The summed E-state index contributed by atoms with van der Waals surface area (Å²) in [4.78, 5) is 4.11. The molecule has 13 heavy (non-hydrogen) atoms. The molecule has 0 N–H and O–H groups in total. The largest absolute Gasteiger partial charge is 0.339 e. The highest BCUT2D eigenvalue weighted by molar-refractivity contribution is 4.85. The minimum Gasteiger partial charge on any atom is -0.339 e. The first-order chi connectivity index (χ1) is 6.34. The molecule has 0 aliphatic carbocycles. The van der Waals surface area contributed by atoms with E-state index in [4.69, 9.17) is 4.52 Å². The van der Waals surface area contributed by atoms with Crippen molar-refractivity contribution in [3.05, 3.63) is 42.3 Å². The maximum Gasteiger partial charge on any atom is 0.237 e. The van der Waals surface area contributed by atoms with Crippen molar-refractivity contribution in [1.82, 2.24) is 10.1 Å². The van der Waals surface area contributed by atoms with Crippen molar-refractivity contribution >= 4 is 0 Å². The Balaban J connectivity index is 2.15. The van der Waals surface area contributed by atoms with Gasteiger partial charge in [0.25, 0.3) is 0 Å². The van der Waals surface area contributed by atoms with Gasteiger partial charge in [-0.3, -0.25) is 0 Å². The van der Waals surface area contributed by atoms with Crippen molar-refractivity contribution in [3.63, 3.8) is 0 Å². The van der Waals surface area contributed by atoms with E-state index in [-0.39, 0.29) is 0 Å². The first-order valence-electron chi connectivity index (χ1n) is 4.08. The van der Waals surface area contributed by atoms with Crippen LogP contribution in [-0.2, 0) is 6.54 Å². The fourth-order valence-corrected chi connectivity index (χ4v) is 1.11.